The SMILES string of the molecule is Cc1nn(-c2ccc(F)cc2)c(Cl)c1C(=O)NCc1cccc(C(N)=O)c1. The van der Waals surface area contributed by atoms with Crippen LogP contribution in [0.25, 0.3) is 5.69 Å². The minimum atomic E-state index is -0.539. The average Bonchev–Trinajstić information content (AvgIpc) is 2.95. The minimum Gasteiger partial charge on any atom is -0.366 e. The molecule has 1 heterocycles. The van der Waals surface area contributed by atoms with Crippen molar-refractivity contribution in [1.29, 1.82) is 0 Å². The Morgan fingerprint density at radius 2 is 1.93 bits per heavy atom. The van der Waals surface area contributed by atoms with Crippen molar-refractivity contribution in [3.05, 3.63) is 81.9 Å². The fraction of sp³-hybridized carbons (Fsp3) is 0.105. The molecule has 0 bridgehead atoms. The Bertz CT molecular complexity index is 1020. The highest BCUT2D eigenvalue weighted by Crippen LogP contribution is 2.23. The number of halogens is 2. The van der Waals surface area contributed by atoms with Crippen LogP contribution in [-0.4, -0.2) is 21.6 Å². The largest absolute Gasteiger partial charge is 0.366 e. The Labute approximate surface area is 159 Å². The second-order valence-electron chi connectivity index (χ2n) is 5.89. The summed E-state index contributed by atoms with van der Waals surface area (Å²) in [6.45, 7) is 1.85. The van der Waals surface area contributed by atoms with Crippen LogP contribution >= 0.6 is 11.6 Å². The van der Waals surface area contributed by atoms with Crippen LogP contribution in [0.1, 0.15) is 32.0 Å². The van der Waals surface area contributed by atoms with E-state index in [0.29, 0.717) is 16.9 Å². The molecule has 0 saturated carbocycles. The summed E-state index contributed by atoms with van der Waals surface area (Å²) in [6.07, 6.45) is 0. The number of primary amides is 1. The van der Waals surface area contributed by atoms with Gasteiger partial charge in [-0.2, -0.15) is 5.10 Å². The molecule has 6 nitrogen and oxygen atoms in total. The maximum absolute atomic E-state index is 13.1. The number of nitrogens with zero attached hydrogens (tertiary/aromatic N) is 2. The molecule has 0 spiro atoms. The van der Waals surface area contributed by atoms with E-state index in [1.54, 1.807) is 31.2 Å². The van der Waals surface area contributed by atoms with Crippen molar-refractivity contribution in [3.63, 3.8) is 0 Å². The Morgan fingerprint density at radius 1 is 1.22 bits per heavy atom. The van der Waals surface area contributed by atoms with E-state index in [9.17, 15) is 14.0 Å². The molecule has 0 aliphatic rings. The lowest BCUT2D eigenvalue weighted by atomic mass is 10.1. The van der Waals surface area contributed by atoms with E-state index in [2.05, 4.69) is 10.4 Å². The maximum Gasteiger partial charge on any atom is 0.256 e. The van der Waals surface area contributed by atoms with Gasteiger partial charge in [-0.25, -0.2) is 9.07 Å². The smallest absolute Gasteiger partial charge is 0.256 e. The molecule has 3 aromatic rings. The molecule has 3 N–H and O–H groups in total. The zero-order valence-electron chi connectivity index (χ0n) is 14.4. The molecule has 0 aliphatic heterocycles. The third kappa shape index (κ3) is 3.98. The first-order chi connectivity index (χ1) is 12.9. The summed E-state index contributed by atoms with van der Waals surface area (Å²) in [7, 11) is 0. The van der Waals surface area contributed by atoms with E-state index < -0.39 is 11.8 Å². The zero-order valence-corrected chi connectivity index (χ0v) is 15.1. The first-order valence-electron chi connectivity index (χ1n) is 8.05. The van der Waals surface area contributed by atoms with E-state index in [4.69, 9.17) is 17.3 Å². The van der Waals surface area contributed by atoms with E-state index >= 15 is 0 Å². The summed E-state index contributed by atoms with van der Waals surface area (Å²) in [5.74, 6) is -1.33. The van der Waals surface area contributed by atoms with Crippen LogP contribution in [0, 0.1) is 12.7 Å². The number of carbonyl (C=O) groups excluding carboxylic acids is 2. The maximum atomic E-state index is 13.1. The lowest BCUT2D eigenvalue weighted by Gasteiger charge is -2.07. The van der Waals surface area contributed by atoms with Gasteiger partial charge in [-0.15, -0.1) is 0 Å². The van der Waals surface area contributed by atoms with Gasteiger partial charge in [-0.3, -0.25) is 9.59 Å². The van der Waals surface area contributed by atoms with Crippen LogP contribution < -0.4 is 11.1 Å². The lowest BCUT2D eigenvalue weighted by Crippen LogP contribution is -2.23. The molecular weight excluding hydrogens is 371 g/mol. The molecule has 0 atom stereocenters. The Balaban J connectivity index is 1.80. The molecule has 2 aromatic carbocycles. The zero-order chi connectivity index (χ0) is 19.6. The summed E-state index contributed by atoms with van der Waals surface area (Å²) < 4.78 is 14.5. The van der Waals surface area contributed by atoms with Crippen molar-refractivity contribution in [2.24, 2.45) is 5.73 Å². The van der Waals surface area contributed by atoms with Gasteiger partial charge in [0, 0.05) is 12.1 Å². The van der Waals surface area contributed by atoms with Gasteiger partial charge >= 0.3 is 0 Å². The van der Waals surface area contributed by atoms with Crippen molar-refractivity contribution in [3.8, 4) is 5.69 Å². The van der Waals surface area contributed by atoms with Gasteiger partial charge in [0.15, 0.2) is 0 Å². The molecule has 0 saturated heterocycles. The van der Waals surface area contributed by atoms with Crippen LogP contribution in [0.4, 0.5) is 4.39 Å². The summed E-state index contributed by atoms with van der Waals surface area (Å²) in [4.78, 5) is 23.8. The van der Waals surface area contributed by atoms with Crippen molar-refractivity contribution < 1.29 is 14.0 Å². The number of nitrogens with two attached hydrogens (primary N) is 1. The molecule has 0 fully saturated rings. The normalized spacial score (nSPS) is 10.6. The van der Waals surface area contributed by atoms with Crippen LogP contribution in [0.2, 0.25) is 5.15 Å². The summed E-state index contributed by atoms with van der Waals surface area (Å²) >= 11 is 6.33. The number of aromatic nitrogens is 2. The van der Waals surface area contributed by atoms with Crippen LogP contribution in [0.5, 0.6) is 0 Å². The van der Waals surface area contributed by atoms with Gasteiger partial charge in [-0.05, 0) is 48.9 Å². The molecular formula is C19H16ClFN4O2. The molecule has 0 radical (unpaired) electrons. The van der Waals surface area contributed by atoms with Gasteiger partial charge in [0.2, 0.25) is 5.91 Å². The second-order valence-corrected chi connectivity index (χ2v) is 6.24. The quantitative estimate of drug-likeness (QED) is 0.706. The Hall–Kier alpha value is -3.19. The van der Waals surface area contributed by atoms with Gasteiger partial charge in [0.1, 0.15) is 11.0 Å². The van der Waals surface area contributed by atoms with E-state index in [-0.39, 0.29) is 23.1 Å². The third-order valence-corrected chi connectivity index (χ3v) is 4.32. The fourth-order valence-corrected chi connectivity index (χ4v) is 2.97. The van der Waals surface area contributed by atoms with Gasteiger partial charge < -0.3 is 11.1 Å². The average molecular weight is 387 g/mol. The number of amides is 2. The number of rotatable bonds is 5. The van der Waals surface area contributed by atoms with Crippen LogP contribution in [-0.2, 0) is 6.54 Å². The highest BCUT2D eigenvalue weighted by Gasteiger charge is 2.21. The standard InChI is InChI=1S/C19H16ClFN4O2/c1-11-16(17(20)25(24-11)15-7-5-14(21)6-8-15)19(27)23-10-12-3-2-4-13(9-12)18(22)26/h2-9H,10H2,1H3,(H2,22,26)(H,23,27). The van der Waals surface area contributed by atoms with Crippen LogP contribution in [0.3, 0.4) is 0 Å². The second kappa shape index (κ2) is 7.59. The third-order valence-electron chi connectivity index (χ3n) is 3.97. The van der Waals surface area contributed by atoms with Crippen molar-refractivity contribution in [2.75, 3.05) is 0 Å². The van der Waals surface area contributed by atoms with Crippen molar-refractivity contribution in [2.45, 2.75) is 13.5 Å². The van der Waals surface area contributed by atoms with Crippen LogP contribution in [0.15, 0.2) is 48.5 Å². The Kier molecular flexibility index (Phi) is 5.23. The van der Waals surface area contributed by atoms with E-state index in [1.807, 2.05) is 0 Å². The summed E-state index contributed by atoms with van der Waals surface area (Å²) in [5.41, 5.74) is 7.55. The van der Waals surface area contributed by atoms with Gasteiger partial charge in [0.05, 0.1) is 16.9 Å². The highest BCUT2D eigenvalue weighted by atomic mass is 35.5. The molecule has 8 heteroatoms. The summed E-state index contributed by atoms with van der Waals surface area (Å²) in [5, 5.41) is 7.14. The van der Waals surface area contributed by atoms with Gasteiger partial charge in [0.25, 0.3) is 5.91 Å². The predicted octanol–water partition coefficient (Wildman–Crippen LogP) is 3.00. The fourth-order valence-electron chi connectivity index (χ4n) is 2.62. The number of hydrogen-bond donors (Lipinski definition) is 2. The monoisotopic (exact) mass is 386 g/mol. The first-order valence-corrected chi connectivity index (χ1v) is 8.42. The van der Waals surface area contributed by atoms with Crippen molar-refractivity contribution >= 4 is 23.4 Å². The van der Waals surface area contributed by atoms with Gasteiger partial charge in [-0.1, -0.05) is 23.7 Å². The summed E-state index contributed by atoms with van der Waals surface area (Å²) in [6, 6.07) is 12.3. The molecule has 0 aliphatic carbocycles. The number of nitrogens with one attached hydrogen (secondary N) is 1. The molecule has 3 rings (SSSR count). The van der Waals surface area contributed by atoms with E-state index in [0.717, 1.165) is 5.56 Å². The van der Waals surface area contributed by atoms with E-state index in [1.165, 1.54) is 28.9 Å². The minimum absolute atomic E-state index is 0.127. The topological polar surface area (TPSA) is 90.0 Å². The molecule has 0 unspecified atom stereocenters. The number of carbonyl (C=O) groups is 2. The highest BCUT2D eigenvalue weighted by molar-refractivity contribution is 6.33. The number of benzene rings is 2. The first kappa shape index (κ1) is 18.6. The number of hydrogen-bond acceptors (Lipinski definition) is 3. The predicted molar refractivity (Wildman–Crippen MR) is 99.4 cm³/mol. The molecule has 27 heavy (non-hydrogen) atoms. The molecule has 1 aromatic heterocycles. The Morgan fingerprint density at radius 3 is 2.59 bits per heavy atom. The molecule has 2 amide bonds. The molecule has 138 valence electrons. The number of aryl methyl sites for hydroxylation is 1. The lowest BCUT2D eigenvalue weighted by molar-refractivity contribution is 0.0949. The van der Waals surface area contributed by atoms with Crippen molar-refractivity contribution in [1.82, 2.24) is 15.1 Å².